The maximum absolute atomic E-state index is 14.6. The zero-order valence-corrected chi connectivity index (χ0v) is 18.7. The van der Waals surface area contributed by atoms with Gasteiger partial charge >= 0.3 is 0 Å². The van der Waals surface area contributed by atoms with Crippen molar-refractivity contribution in [2.45, 2.75) is 57.3 Å². The molecule has 178 valence electrons. The minimum atomic E-state index is -2.76. The summed E-state index contributed by atoms with van der Waals surface area (Å²) in [6.07, 6.45) is 3.49. The average molecular weight is 473 g/mol. The van der Waals surface area contributed by atoms with Crippen LogP contribution < -0.4 is 5.32 Å². The van der Waals surface area contributed by atoms with Crippen LogP contribution in [0.25, 0.3) is 11.3 Å². The molecular formula is C24H23F4N5O. The molecule has 0 aliphatic heterocycles. The van der Waals surface area contributed by atoms with Crippen molar-refractivity contribution in [1.82, 2.24) is 19.9 Å². The number of hydrogen-bond donors (Lipinski definition) is 1. The van der Waals surface area contributed by atoms with Gasteiger partial charge in [-0.1, -0.05) is 13.8 Å². The smallest absolute Gasteiger partial charge is 0.258 e. The second-order valence-electron chi connectivity index (χ2n) is 8.68. The lowest BCUT2D eigenvalue weighted by Gasteiger charge is -2.29. The number of carbonyl (C=O) groups excluding carboxylic acids is 1. The number of carbonyl (C=O) groups is 1. The van der Waals surface area contributed by atoms with Gasteiger partial charge in [-0.15, -0.1) is 0 Å². The molecule has 0 unspecified atom stereocenters. The first-order chi connectivity index (χ1) is 16.1. The summed E-state index contributed by atoms with van der Waals surface area (Å²) in [5.74, 6) is -4.59. The van der Waals surface area contributed by atoms with E-state index in [2.05, 4.69) is 25.3 Å². The van der Waals surface area contributed by atoms with Gasteiger partial charge in [0.15, 0.2) is 0 Å². The molecule has 1 N–H and O–H groups in total. The molecule has 1 amide bonds. The van der Waals surface area contributed by atoms with Crippen LogP contribution in [0.1, 0.15) is 73.2 Å². The Hall–Kier alpha value is -3.43. The summed E-state index contributed by atoms with van der Waals surface area (Å²) >= 11 is 0. The van der Waals surface area contributed by atoms with E-state index in [0.717, 1.165) is 24.5 Å². The molecule has 34 heavy (non-hydrogen) atoms. The van der Waals surface area contributed by atoms with E-state index in [1.165, 1.54) is 12.4 Å². The quantitative estimate of drug-likeness (QED) is 0.468. The molecule has 1 aliphatic carbocycles. The minimum Gasteiger partial charge on any atom is -0.318 e. The Labute approximate surface area is 193 Å². The van der Waals surface area contributed by atoms with Crippen LogP contribution in [0.5, 0.6) is 0 Å². The lowest BCUT2D eigenvalue weighted by molar-refractivity contribution is -0.0384. The molecule has 0 saturated heterocycles. The van der Waals surface area contributed by atoms with Crippen molar-refractivity contribution < 1.29 is 22.4 Å². The molecule has 0 radical (unpaired) electrons. The number of nitrogens with zero attached hydrogens (tertiary/aromatic N) is 4. The van der Waals surface area contributed by atoms with Gasteiger partial charge in [0.1, 0.15) is 29.5 Å². The Bertz CT molecular complexity index is 1190. The van der Waals surface area contributed by atoms with Gasteiger partial charge in [0.25, 0.3) is 5.91 Å². The highest BCUT2D eigenvalue weighted by Crippen LogP contribution is 2.44. The van der Waals surface area contributed by atoms with Crippen molar-refractivity contribution in [2.75, 3.05) is 5.32 Å². The third-order valence-corrected chi connectivity index (χ3v) is 5.85. The molecule has 2 aromatic heterocycles. The summed E-state index contributed by atoms with van der Waals surface area (Å²) in [5.41, 5.74) is 0.288. The van der Waals surface area contributed by atoms with Gasteiger partial charge in [0, 0.05) is 42.6 Å². The monoisotopic (exact) mass is 473 g/mol. The Kier molecular flexibility index (Phi) is 6.58. The van der Waals surface area contributed by atoms with Crippen LogP contribution in [-0.2, 0) is 0 Å². The molecule has 0 atom stereocenters. The first-order valence-corrected chi connectivity index (χ1v) is 11.0. The van der Waals surface area contributed by atoms with Crippen molar-refractivity contribution in [3.8, 4) is 11.3 Å². The molecule has 1 fully saturated rings. The van der Waals surface area contributed by atoms with Crippen LogP contribution >= 0.6 is 0 Å². The normalized spacial score (nSPS) is 16.0. The summed E-state index contributed by atoms with van der Waals surface area (Å²) in [4.78, 5) is 29.8. The highest BCUT2D eigenvalue weighted by atomic mass is 19.3. The molecule has 1 aromatic carbocycles. The summed E-state index contributed by atoms with van der Waals surface area (Å²) in [6, 6.07) is 2.89. The lowest BCUT2D eigenvalue weighted by atomic mass is 9.83. The molecule has 0 spiro atoms. The van der Waals surface area contributed by atoms with Gasteiger partial charge in [-0.25, -0.2) is 37.5 Å². The van der Waals surface area contributed by atoms with E-state index in [1.807, 2.05) is 13.8 Å². The van der Waals surface area contributed by atoms with E-state index in [4.69, 9.17) is 0 Å². The minimum absolute atomic E-state index is 0.0348. The standard InChI is InChI=1S/C24H23F4N5O/c1-13(2)22-29-10-15(11-30-22)23(34)33-21-19(14-5-7-24(27,28)8-6-14)31-12-32-20(21)17-9-16(25)3-4-18(17)26/h3-4,9-14H,5-8H2,1-2H3,(H,33,34). The van der Waals surface area contributed by atoms with Gasteiger partial charge in [-0.2, -0.15) is 0 Å². The fourth-order valence-corrected chi connectivity index (χ4v) is 3.97. The van der Waals surface area contributed by atoms with Crippen molar-refractivity contribution in [3.05, 3.63) is 65.6 Å². The van der Waals surface area contributed by atoms with Crippen LogP contribution in [0, 0.1) is 11.6 Å². The van der Waals surface area contributed by atoms with Gasteiger partial charge in [0.05, 0.1) is 16.9 Å². The van der Waals surface area contributed by atoms with Crippen LogP contribution in [0.15, 0.2) is 36.9 Å². The summed E-state index contributed by atoms with van der Waals surface area (Å²) in [6.45, 7) is 3.83. The van der Waals surface area contributed by atoms with Crippen molar-refractivity contribution >= 4 is 11.6 Å². The Morgan fingerprint density at radius 2 is 1.74 bits per heavy atom. The number of halogens is 4. The molecule has 0 bridgehead atoms. The molecule has 1 aliphatic rings. The predicted molar refractivity (Wildman–Crippen MR) is 118 cm³/mol. The van der Waals surface area contributed by atoms with Crippen LogP contribution in [-0.4, -0.2) is 31.8 Å². The van der Waals surface area contributed by atoms with Gasteiger partial charge in [0.2, 0.25) is 5.92 Å². The van der Waals surface area contributed by atoms with Crippen LogP contribution in [0.2, 0.25) is 0 Å². The SMILES string of the molecule is CC(C)c1ncc(C(=O)Nc2c(-c3cc(F)ccc3F)ncnc2C2CCC(F)(F)CC2)cn1. The first kappa shape index (κ1) is 23.7. The molecule has 2 heterocycles. The maximum Gasteiger partial charge on any atom is 0.258 e. The lowest BCUT2D eigenvalue weighted by Crippen LogP contribution is -2.25. The van der Waals surface area contributed by atoms with E-state index in [1.54, 1.807) is 0 Å². The van der Waals surface area contributed by atoms with E-state index in [9.17, 15) is 22.4 Å². The third kappa shape index (κ3) is 5.05. The van der Waals surface area contributed by atoms with E-state index >= 15 is 0 Å². The average Bonchev–Trinajstić information content (AvgIpc) is 2.81. The molecule has 10 heteroatoms. The maximum atomic E-state index is 14.6. The van der Waals surface area contributed by atoms with Crippen molar-refractivity contribution in [1.29, 1.82) is 0 Å². The van der Waals surface area contributed by atoms with Crippen LogP contribution in [0.3, 0.4) is 0 Å². The molecule has 6 nitrogen and oxygen atoms in total. The molecular weight excluding hydrogens is 450 g/mol. The number of benzene rings is 1. The topological polar surface area (TPSA) is 80.7 Å². The second kappa shape index (κ2) is 9.44. The highest BCUT2D eigenvalue weighted by molar-refractivity contribution is 6.06. The largest absolute Gasteiger partial charge is 0.318 e. The predicted octanol–water partition coefficient (Wildman–Crippen LogP) is 5.88. The molecule has 3 aromatic rings. The van der Waals surface area contributed by atoms with Crippen molar-refractivity contribution in [2.24, 2.45) is 0 Å². The zero-order chi connectivity index (χ0) is 24.5. The number of aromatic nitrogens is 4. The number of anilines is 1. The third-order valence-electron chi connectivity index (χ3n) is 5.85. The van der Waals surface area contributed by atoms with E-state index in [0.29, 0.717) is 11.5 Å². The Morgan fingerprint density at radius 3 is 2.38 bits per heavy atom. The van der Waals surface area contributed by atoms with Crippen molar-refractivity contribution in [3.63, 3.8) is 0 Å². The zero-order valence-electron chi connectivity index (χ0n) is 18.7. The molecule has 4 rings (SSSR count). The summed E-state index contributed by atoms with van der Waals surface area (Å²) in [7, 11) is 0. The number of amides is 1. The Balaban J connectivity index is 1.76. The van der Waals surface area contributed by atoms with E-state index < -0.39 is 29.4 Å². The van der Waals surface area contributed by atoms with Crippen LogP contribution in [0.4, 0.5) is 23.2 Å². The second-order valence-corrected chi connectivity index (χ2v) is 8.68. The fraction of sp³-hybridized carbons (Fsp3) is 0.375. The number of hydrogen-bond acceptors (Lipinski definition) is 5. The van der Waals surface area contributed by atoms with Gasteiger partial charge in [-0.3, -0.25) is 4.79 Å². The number of nitrogens with one attached hydrogen (secondary N) is 1. The first-order valence-electron chi connectivity index (χ1n) is 11.0. The number of rotatable bonds is 5. The van der Waals surface area contributed by atoms with Gasteiger partial charge < -0.3 is 5.32 Å². The summed E-state index contributed by atoms with van der Waals surface area (Å²) < 4.78 is 56.1. The summed E-state index contributed by atoms with van der Waals surface area (Å²) in [5, 5.41) is 2.69. The molecule has 1 saturated carbocycles. The van der Waals surface area contributed by atoms with Gasteiger partial charge in [-0.05, 0) is 31.0 Å². The number of alkyl halides is 2. The van der Waals surface area contributed by atoms with E-state index in [-0.39, 0.29) is 54.1 Å². The highest BCUT2D eigenvalue weighted by Gasteiger charge is 2.37. The Morgan fingerprint density at radius 1 is 1.06 bits per heavy atom. The fourth-order valence-electron chi connectivity index (χ4n) is 3.97.